The minimum Gasteiger partial charge on any atom is -0.479 e. The second kappa shape index (κ2) is 4.87. The molecular formula is C10H11O2Y-. The molecule has 1 aromatic rings. The summed E-state index contributed by atoms with van der Waals surface area (Å²) in [6.07, 6.45) is 0. The maximum atomic E-state index is 10.7. The summed E-state index contributed by atoms with van der Waals surface area (Å²) in [4.78, 5) is 10.7. The van der Waals surface area contributed by atoms with Crippen LogP contribution in [-0.4, -0.2) is 11.1 Å². The van der Waals surface area contributed by atoms with Gasteiger partial charge in [0.05, 0.1) is 0 Å². The summed E-state index contributed by atoms with van der Waals surface area (Å²) in [6, 6.07) is 4.71. The summed E-state index contributed by atoms with van der Waals surface area (Å²) in [7, 11) is 0. The van der Waals surface area contributed by atoms with Gasteiger partial charge in [0.15, 0.2) is 0 Å². The van der Waals surface area contributed by atoms with Gasteiger partial charge in [-0.25, -0.2) is 4.79 Å². The smallest absolute Gasteiger partial charge is 0.311 e. The van der Waals surface area contributed by atoms with Gasteiger partial charge in [0.1, 0.15) is 0 Å². The summed E-state index contributed by atoms with van der Waals surface area (Å²) in [6.45, 7) is 5.52. The van der Waals surface area contributed by atoms with Crippen molar-refractivity contribution >= 4 is 5.97 Å². The van der Waals surface area contributed by atoms with Crippen LogP contribution in [0.3, 0.4) is 0 Å². The molecule has 0 amide bonds. The molecule has 0 bridgehead atoms. The van der Waals surface area contributed by atoms with Crippen LogP contribution in [0.25, 0.3) is 0 Å². The van der Waals surface area contributed by atoms with Gasteiger partial charge >= 0.3 is 5.97 Å². The Hall–Kier alpha value is -0.206. The Kier molecular flexibility index (Phi) is 4.79. The van der Waals surface area contributed by atoms with Crippen LogP contribution in [-0.2, 0) is 32.7 Å². The summed E-state index contributed by atoms with van der Waals surface area (Å²) in [5.41, 5.74) is 2.96. The third-order valence-corrected chi connectivity index (χ3v) is 1.94. The van der Waals surface area contributed by atoms with E-state index in [-0.39, 0.29) is 32.7 Å². The number of aromatic carboxylic acids is 1. The van der Waals surface area contributed by atoms with Crippen LogP contribution in [0.4, 0.5) is 0 Å². The van der Waals surface area contributed by atoms with Crippen molar-refractivity contribution < 1.29 is 42.6 Å². The molecule has 0 heterocycles. The van der Waals surface area contributed by atoms with E-state index < -0.39 is 5.97 Å². The van der Waals surface area contributed by atoms with E-state index >= 15 is 0 Å². The number of benzene rings is 1. The third kappa shape index (κ3) is 2.89. The molecule has 0 unspecified atom stereocenters. The average Bonchev–Trinajstić information content (AvgIpc) is 1.96. The Morgan fingerprint density at radius 3 is 2.38 bits per heavy atom. The van der Waals surface area contributed by atoms with E-state index in [1.165, 1.54) is 0 Å². The van der Waals surface area contributed by atoms with E-state index in [2.05, 4.69) is 6.07 Å². The van der Waals surface area contributed by atoms with Crippen molar-refractivity contribution in [2.45, 2.75) is 20.8 Å². The van der Waals surface area contributed by atoms with Crippen LogP contribution in [0.2, 0.25) is 0 Å². The van der Waals surface area contributed by atoms with Crippen molar-refractivity contribution in [3.05, 3.63) is 34.4 Å². The minimum atomic E-state index is -0.868. The maximum Gasteiger partial charge on any atom is 0.311 e. The molecule has 0 atom stereocenters. The van der Waals surface area contributed by atoms with Crippen LogP contribution >= 0.6 is 0 Å². The van der Waals surface area contributed by atoms with E-state index in [1.54, 1.807) is 13.0 Å². The van der Waals surface area contributed by atoms with Gasteiger partial charge in [-0.1, -0.05) is 20.8 Å². The monoisotopic (exact) mass is 252 g/mol. The molecule has 0 aliphatic heterocycles. The Morgan fingerprint density at radius 2 is 1.92 bits per heavy atom. The number of carboxylic acids is 1. The molecule has 1 radical (unpaired) electrons. The Bertz CT molecular complexity index is 332. The summed E-state index contributed by atoms with van der Waals surface area (Å²) in [5, 5.41) is 8.80. The number of hydrogen-bond acceptors (Lipinski definition) is 1. The molecule has 0 aliphatic rings. The zero-order valence-electron chi connectivity index (χ0n) is 8.01. The van der Waals surface area contributed by atoms with Crippen LogP contribution in [0, 0.1) is 26.8 Å². The fourth-order valence-corrected chi connectivity index (χ4v) is 1.17. The van der Waals surface area contributed by atoms with E-state index in [1.807, 2.05) is 13.8 Å². The first-order valence-electron chi connectivity index (χ1n) is 3.76. The molecular weight excluding hydrogens is 241 g/mol. The van der Waals surface area contributed by atoms with Gasteiger partial charge in [-0.3, -0.25) is 0 Å². The first kappa shape index (κ1) is 12.8. The van der Waals surface area contributed by atoms with E-state index in [0.717, 1.165) is 16.7 Å². The first-order chi connectivity index (χ1) is 5.52. The first-order valence-corrected chi connectivity index (χ1v) is 3.76. The van der Waals surface area contributed by atoms with Crippen molar-refractivity contribution in [1.29, 1.82) is 0 Å². The SMILES string of the molecule is Cc1[c-]c(C)c(C)c(C(=O)O)c1.[Y]. The fraction of sp³-hybridized carbons (Fsp3) is 0.300. The fourth-order valence-electron chi connectivity index (χ4n) is 1.17. The predicted molar refractivity (Wildman–Crippen MR) is 46.4 cm³/mol. The van der Waals surface area contributed by atoms with E-state index in [4.69, 9.17) is 5.11 Å². The van der Waals surface area contributed by atoms with Gasteiger partial charge in [-0.2, -0.15) is 23.3 Å². The molecule has 0 saturated heterocycles. The van der Waals surface area contributed by atoms with Gasteiger partial charge in [-0.05, 0) is 5.56 Å². The van der Waals surface area contributed by atoms with Crippen molar-refractivity contribution in [2.24, 2.45) is 0 Å². The Labute approximate surface area is 103 Å². The van der Waals surface area contributed by atoms with Crippen LogP contribution in [0.5, 0.6) is 0 Å². The van der Waals surface area contributed by atoms with Crippen molar-refractivity contribution in [3.8, 4) is 0 Å². The number of aryl methyl sites for hydroxylation is 2. The molecule has 0 saturated carbocycles. The molecule has 1 rings (SSSR count). The zero-order valence-corrected chi connectivity index (χ0v) is 10.8. The summed E-state index contributed by atoms with van der Waals surface area (Å²) < 4.78 is 0. The molecule has 0 fully saturated rings. The minimum absolute atomic E-state index is 0. The van der Waals surface area contributed by atoms with E-state index in [9.17, 15) is 4.79 Å². The van der Waals surface area contributed by atoms with E-state index in [0.29, 0.717) is 5.56 Å². The topological polar surface area (TPSA) is 37.3 Å². The van der Waals surface area contributed by atoms with Gasteiger partial charge in [0.25, 0.3) is 0 Å². The maximum absolute atomic E-state index is 10.7. The molecule has 13 heavy (non-hydrogen) atoms. The van der Waals surface area contributed by atoms with Crippen molar-refractivity contribution in [3.63, 3.8) is 0 Å². The summed E-state index contributed by atoms with van der Waals surface area (Å²) in [5.74, 6) is -0.868. The molecule has 67 valence electrons. The Morgan fingerprint density at radius 1 is 1.38 bits per heavy atom. The predicted octanol–water partition coefficient (Wildman–Crippen LogP) is 2.11. The summed E-state index contributed by atoms with van der Waals surface area (Å²) >= 11 is 0. The average molecular weight is 252 g/mol. The van der Waals surface area contributed by atoms with Crippen molar-refractivity contribution in [2.75, 3.05) is 0 Å². The van der Waals surface area contributed by atoms with Gasteiger partial charge in [0, 0.05) is 32.7 Å². The molecule has 2 nitrogen and oxygen atoms in total. The molecule has 0 spiro atoms. The normalized spacial score (nSPS) is 9.15. The second-order valence-electron chi connectivity index (χ2n) is 2.92. The number of rotatable bonds is 1. The number of carboxylic acid groups (broad SMARTS) is 1. The van der Waals surface area contributed by atoms with Gasteiger partial charge in [-0.15, -0.1) is 5.56 Å². The Balaban J connectivity index is 0.00000144. The molecule has 3 heteroatoms. The standard InChI is InChI=1S/C10H11O2.Y/c1-6-4-7(2)8(3)9(5-6)10(11)12;/h5H,1-3H3,(H,11,12);/q-1;. The van der Waals surface area contributed by atoms with Crippen molar-refractivity contribution in [1.82, 2.24) is 0 Å². The van der Waals surface area contributed by atoms with Crippen LogP contribution in [0.15, 0.2) is 6.07 Å². The third-order valence-electron chi connectivity index (χ3n) is 1.94. The largest absolute Gasteiger partial charge is 0.479 e. The molecule has 0 aromatic heterocycles. The van der Waals surface area contributed by atoms with Crippen LogP contribution in [0.1, 0.15) is 27.0 Å². The van der Waals surface area contributed by atoms with Gasteiger partial charge < -0.3 is 5.11 Å². The molecule has 1 aromatic carbocycles. The zero-order chi connectivity index (χ0) is 9.30. The number of hydrogen-bond donors (Lipinski definition) is 1. The quantitative estimate of drug-likeness (QED) is 0.777. The van der Waals surface area contributed by atoms with Gasteiger partial charge in [0.2, 0.25) is 0 Å². The second-order valence-corrected chi connectivity index (χ2v) is 2.92. The number of carbonyl (C=O) groups is 1. The van der Waals surface area contributed by atoms with Crippen LogP contribution < -0.4 is 0 Å². The molecule has 0 aliphatic carbocycles. The molecule has 1 N–H and O–H groups in total.